The highest BCUT2D eigenvalue weighted by molar-refractivity contribution is 7.92. The van der Waals surface area contributed by atoms with Crippen LogP contribution in [0.5, 0.6) is 28.7 Å². The normalized spacial score (nSPS) is 10.9. The lowest BCUT2D eigenvalue weighted by atomic mass is 10.2. The first-order valence-electron chi connectivity index (χ1n) is 12.0. The van der Waals surface area contributed by atoms with Gasteiger partial charge >= 0.3 is 0 Å². The minimum Gasteiger partial charge on any atom is -0.493 e. The summed E-state index contributed by atoms with van der Waals surface area (Å²) in [5, 5.41) is 3.08. The highest BCUT2D eigenvalue weighted by atomic mass is 35.5. The molecule has 4 aromatic rings. The summed E-state index contributed by atoms with van der Waals surface area (Å²) in [6, 6.07) is 24.3. The lowest BCUT2D eigenvalue weighted by Gasteiger charge is -2.24. The first-order chi connectivity index (χ1) is 19.3. The van der Waals surface area contributed by atoms with Gasteiger partial charge in [-0.1, -0.05) is 41.9 Å². The number of anilines is 2. The van der Waals surface area contributed by atoms with Crippen LogP contribution >= 0.6 is 11.6 Å². The average molecular weight is 583 g/mol. The third-order valence-corrected chi connectivity index (χ3v) is 7.78. The van der Waals surface area contributed by atoms with Gasteiger partial charge in [0, 0.05) is 11.1 Å². The summed E-state index contributed by atoms with van der Waals surface area (Å²) in [7, 11) is 0.168. The smallest absolute Gasteiger partial charge is 0.264 e. The average Bonchev–Trinajstić information content (AvgIpc) is 2.97. The van der Waals surface area contributed by atoms with Crippen LogP contribution in [0.1, 0.15) is 0 Å². The Morgan fingerprint density at radius 2 is 1.35 bits per heavy atom. The second-order valence-corrected chi connectivity index (χ2v) is 10.6. The van der Waals surface area contributed by atoms with Crippen molar-refractivity contribution in [2.75, 3.05) is 37.5 Å². The van der Waals surface area contributed by atoms with Crippen LogP contribution < -0.4 is 28.6 Å². The van der Waals surface area contributed by atoms with Crippen LogP contribution in [0.15, 0.2) is 95.9 Å². The number of amides is 1. The first-order valence-corrected chi connectivity index (χ1v) is 13.8. The van der Waals surface area contributed by atoms with E-state index in [2.05, 4.69) is 5.32 Å². The molecule has 208 valence electrons. The van der Waals surface area contributed by atoms with Gasteiger partial charge in [0.25, 0.3) is 10.0 Å². The van der Waals surface area contributed by atoms with E-state index in [0.717, 1.165) is 4.31 Å². The highest BCUT2D eigenvalue weighted by Gasteiger charge is 2.28. The van der Waals surface area contributed by atoms with E-state index in [4.69, 9.17) is 30.5 Å². The molecule has 0 aliphatic carbocycles. The zero-order valence-corrected chi connectivity index (χ0v) is 23.5. The van der Waals surface area contributed by atoms with Gasteiger partial charge in [0.2, 0.25) is 5.91 Å². The Morgan fingerprint density at radius 1 is 0.750 bits per heavy atom. The zero-order valence-electron chi connectivity index (χ0n) is 22.0. The maximum Gasteiger partial charge on any atom is 0.264 e. The molecule has 0 fully saturated rings. The van der Waals surface area contributed by atoms with Crippen LogP contribution in [0.3, 0.4) is 0 Å². The Balaban J connectivity index is 1.66. The monoisotopic (exact) mass is 582 g/mol. The molecular weight excluding hydrogens is 556 g/mol. The van der Waals surface area contributed by atoms with Gasteiger partial charge in [0.1, 0.15) is 6.54 Å². The van der Waals surface area contributed by atoms with Crippen LogP contribution in [-0.2, 0) is 14.8 Å². The first kappa shape index (κ1) is 28.6. The number of nitrogens with zero attached hydrogens (tertiary/aromatic N) is 1. The second-order valence-electron chi connectivity index (χ2n) is 8.31. The van der Waals surface area contributed by atoms with Crippen molar-refractivity contribution in [1.29, 1.82) is 0 Å². The Kier molecular flexibility index (Phi) is 9.03. The van der Waals surface area contributed by atoms with E-state index >= 15 is 0 Å². The molecule has 1 N–H and O–H groups in total. The SMILES string of the molecule is COc1ccc(S(=O)(=O)N(CC(=O)Nc2cc(Cl)ccc2Oc2ccccc2OC)c2ccccc2)cc1OC. The topological polar surface area (TPSA) is 103 Å². The second kappa shape index (κ2) is 12.6. The van der Waals surface area contributed by atoms with Gasteiger partial charge in [0.15, 0.2) is 28.7 Å². The predicted molar refractivity (Wildman–Crippen MR) is 154 cm³/mol. The Morgan fingerprint density at radius 3 is 2.02 bits per heavy atom. The molecule has 0 bridgehead atoms. The van der Waals surface area contributed by atoms with Gasteiger partial charge in [-0.05, 0) is 54.6 Å². The molecule has 0 spiro atoms. The Labute approximate surface area is 237 Å². The third-order valence-electron chi connectivity index (χ3n) is 5.78. The summed E-state index contributed by atoms with van der Waals surface area (Å²) < 4.78 is 50.5. The van der Waals surface area contributed by atoms with Gasteiger partial charge in [-0.25, -0.2) is 8.42 Å². The molecular formula is C29H27ClN2O7S. The van der Waals surface area contributed by atoms with Crippen molar-refractivity contribution in [3.8, 4) is 28.7 Å². The van der Waals surface area contributed by atoms with Crippen LogP contribution in [-0.4, -0.2) is 42.2 Å². The molecule has 1 amide bonds. The van der Waals surface area contributed by atoms with Crippen molar-refractivity contribution < 1.29 is 32.2 Å². The van der Waals surface area contributed by atoms with Crippen molar-refractivity contribution in [3.05, 3.63) is 96.0 Å². The van der Waals surface area contributed by atoms with Gasteiger partial charge in [0.05, 0.1) is 37.6 Å². The number of ether oxygens (including phenoxy) is 4. The fraction of sp³-hybridized carbons (Fsp3) is 0.138. The third kappa shape index (κ3) is 6.41. The van der Waals surface area contributed by atoms with E-state index in [1.807, 2.05) is 0 Å². The summed E-state index contributed by atoms with van der Waals surface area (Å²) >= 11 is 6.21. The molecule has 0 unspecified atom stereocenters. The van der Waals surface area contributed by atoms with Crippen molar-refractivity contribution in [1.82, 2.24) is 0 Å². The summed E-state index contributed by atoms with van der Waals surface area (Å²) in [5.41, 5.74) is 0.545. The molecule has 4 rings (SSSR count). The fourth-order valence-corrected chi connectivity index (χ4v) is 5.45. The van der Waals surface area contributed by atoms with E-state index in [1.54, 1.807) is 66.7 Å². The number of rotatable bonds is 11. The molecule has 0 radical (unpaired) electrons. The zero-order chi connectivity index (χ0) is 28.7. The summed E-state index contributed by atoms with van der Waals surface area (Å²) in [6.45, 7) is -0.540. The lowest BCUT2D eigenvalue weighted by Crippen LogP contribution is -2.38. The molecule has 0 aromatic heterocycles. The number of hydrogen-bond donors (Lipinski definition) is 1. The van der Waals surface area contributed by atoms with E-state index in [9.17, 15) is 13.2 Å². The van der Waals surface area contributed by atoms with E-state index in [1.165, 1.54) is 45.6 Å². The molecule has 40 heavy (non-hydrogen) atoms. The molecule has 9 nitrogen and oxygen atoms in total. The number of sulfonamides is 1. The van der Waals surface area contributed by atoms with Crippen molar-refractivity contribution >= 4 is 38.9 Å². The standard InChI is InChI=1S/C29H27ClN2O7S/c1-36-25-11-7-8-12-27(25)39-24-15-13-20(30)17-23(24)31-29(33)19-32(21-9-5-4-6-10-21)40(34,35)22-14-16-26(37-2)28(18-22)38-3/h4-18H,19H2,1-3H3,(H,31,33). The molecule has 0 heterocycles. The molecule has 11 heteroatoms. The number of benzene rings is 4. The Hall–Kier alpha value is -4.41. The van der Waals surface area contributed by atoms with Gasteiger partial charge in [-0.2, -0.15) is 0 Å². The molecule has 0 aliphatic rings. The Bertz CT molecular complexity index is 1600. The minimum atomic E-state index is -4.21. The van der Waals surface area contributed by atoms with E-state index < -0.39 is 22.5 Å². The van der Waals surface area contributed by atoms with Gasteiger partial charge < -0.3 is 24.3 Å². The largest absolute Gasteiger partial charge is 0.493 e. The van der Waals surface area contributed by atoms with Crippen molar-refractivity contribution in [3.63, 3.8) is 0 Å². The maximum atomic E-state index is 13.8. The highest BCUT2D eigenvalue weighted by Crippen LogP contribution is 2.37. The van der Waals surface area contributed by atoms with E-state index in [-0.39, 0.29) is 22.1 Å². The fourth-order valence-electron chi connectivity index (χ4n) is 3.84. The number of hydrogen-bond acceptors (Lipinski definition) is 7. The number of carbonyl (C=O) groups is 1. The maximum absolute atomic E-state index is 13.8. The number of methoxy groups -OCH3 is 3. The summed E-state index contributed by atoms with van der Waals surface area (Å²) in [4.78, 5) is 13.3. The van der Waals surface area contributed by atoms with E-state index in [0.29, 0.717) is 28.0 Å². The summed E-state index contributed by atoms with van der Waals surface area (Å²) in [5.74, 6) is 1.18. The molecule has 0 aliphatic heterocycles. The molecule has 0 saturated carbocycles. The minimum absolute atomic E-state index is 0.0789. The van der Waals surface area contributed by atoms with Crippen LogP contribution in [0.25, 0.3) is 0 Å². The van der Waals surface area contributed by atoms with Crippen molar-refractivity contribution in [2.24, 2.45) is 0 Å². The molecule has 0 atom stereocenters. The van der Waals surface area contributed by atoms with Crippen LogP contribution in [0, 0.1) is 0 Å². The number of carbonyl (C=O) groups excluding carboxylic acids is 1. The molecule has 4 aromatic carbocycles. The summed E-state index contributed by atoms with van der Waals surface area (Å²) in [6.07, 6.45) is 0. The van der Waals surface area contributed by atoms with Gasteiger partial charge in [-0.3, -0.25) is 9.10 Å². The predicted octanol–water partition coefficient (Wildman–Crippen LogP) is 5.99. The quantitative estimate of drug-likeness (QED) is 0.232. The van der Waals surface area contributed by atoms with Gasteiger partial charge in [-0.15, -0.1) is 0 Å². The van der Waals surface area contributed by atoms with Crippen molar-refractivity contribution in [2.45, 2.75) is 4.90 Å². The molecule has 0 saturated heterocycles. The lowest BCUT2D eigenvalue weighted by molar-refractivity contribution is -0.114. The van der Waals surface area contributed by atoms with Crippen LogP contribution in [0.4, 0.5) is 11.4 Å². The van der Waals surface area contributed by atoms with Crippen LogP contribution in [0.2, 0.25) is 5.02 Å². The number of halogens is 1. The number of para-hydroxylation sites is 3. The number of nitrogens with one attached hydrogen (secondary N) is 1.